The standard InChI is InChI=1S/C39H73N7O7/c1-7-8-9-13-18-33-28(5)39(51)46(6)32(20-19-26(2)3)37(49)45-34(29-16-11-10-12-17-29)38(50)43-30(23-41)35(47)44-31(25-52-22-15-14-21-40)36(48)42-27(4)24-53-33/h26-34H,7-25,40-41H2,1-6H3,(H,42,48)(H,43,50)(H,44,47)(H,45,49)/t27-,28-,30+,31+,32+,33-,34+/m1/s1. The summed E-state index contributed by atoms with van der Waals surface area (Å²) in [7, 11) is 1.66. The number of carbonyl (C=O) groups excluding carboxylic acids is 5. The Balaban J connectivity index is 2.54. The molecule has 306 valence electrons. The number of carbonyl (C=O) groups is 5. The van der Waals surface area contributed by atoms with Crippen LogP contribution in [0.25, 0.3) is 0 Å². The topological polar surface area (TPSA) is 207 Å². The molecule has 2 aliphatic rings. The molecule has 1 saturated carbocycles. The molecule has 0 aromatic carbocycles. The minimum Gasteiger partial charge on any atom is -0.379 e. The average molecular weight is 752 g/mol. The molecule has 5 amide bonds. The Morgan fingerprint density at radius 3 is 2.13 bits per heavy atom. The Hall–Kier alpha value is -2.81. The Bertz CT molecular complexity index is 1120. The Morgan fingerprint density at radius 1 is 0.811 bits per heavy atom. The Morgan fingerprint density at radius 2 is 1.49 bits per heavy atom. The molecule has 0 unspecified atom stereocenters. The molecule has 1 aliphatic carbocycles. The third kappa shape index (κ3) is 16.2. The van der Waals surface area contributed by atoms with Gasteiger partial charge in [-0.3, -0.25) is 24.0 Å². The largest absolute Gasteiger partial charge is 0.379 e. The second-order valence-corrected chi connectivity index (χ2v) is 15.7. The first-order valence-electron chi connectivity index (χ1n) is 20.4. The van der Waals surface area contributed by atoms with Crippen LogP contribution in [0.1, 0.15) is 125 Å². The first-order chi connectivity index (χ1) is 25.3. The molecule has 2 rings (SSSR count). The first-order valence-corrected chi connectivity index (χ1v) is 20.4. The van der Waals surface area contributed by atoms with Crippen LogP contribution < -0.4 is 32.7 Å². The van der Waals surface area contributed by atoms with Crippen LogP contribution in [-0.4, -0.2) is 111 Å². The van der Waals surface area contributed by atoms with Gasteiger partial charge in [0.15, 0.2) is 0 Å². The summed E-state index contributed by atoms with van der Waals surface area (Å²) in [6.07, 6.45) is 11.1. The molecule has 1 aliphatic heterocycles. The molecule has 1 heterocycles. The normalized spacial score (nSPS) is 28.1. The van der Waals surface area contributed by atoms with Gasteiger partial charge in [-0.05, 0) is 70.3 Å². The summed E-state index contributed by atoms with van der Waals surface area (Å²) in [4.78, 5) is 71.3. The van der Waals surface area contributed by atoms with Gasteiger partial charge in [0.05, 0.1) is 25.2 Å². The predicted octanol–water partition coefficient (Wildman–Crippen LogP) is 2.51. The maximum absolute atomic E-state index is 14.3. The van der Waals surface area contributed by atoms with E-state index in [0.717, 1.165) is 64.2 Å². The second-order valence-electron chi connectivity index (χ2n) is 15.7. The van der Waals surface area contributed by atoms with Crippen LogP contribution in [0.4, 0.5) is 0 Å². The van der Waals surface area contributed by atoms with Gasteiger partial charge in [0.25, 0.3) is 0 Å². The number of amides is 5. The summed E-state index contributed by atoms with van der Waals surface area (Å²) < 4.78 is 12.2. The number of hydrogen-bond donors (Lipinski definition) is 6. The highest BCUT2D eigenvalue weighted by molar-refractivity contribution is 5.96. The van der Waals surface area contributed by atoms with E-state index in [1.807, 2.05) is 6.92 Å². The molecule has 8 N–H and O–H groups in total. The number of likely N-dealkylation sites (N-methyl/N-ethyl adjacent to an activating group) is 1. The molecule has 14 nitrogen and oxygen atoms in total. The molecular formula is C39H73N7O7. The Labute approximate surface area is 318 Å². The smallest absolute Gasteiger partial charge is 0.245 e. The lowest BCUT2D eigenvalue weighted by atomic mass is 9.83. The maximum Gasteiger partial charge on any atom is 0.245 e. The van der Waals surface area contributed by atoms with Crippen molar-refractivity contribution in [2.24, 2.45) is 29.2 Å². The number of nitrogens with zero attached hydrogens (tertiary/aromatic N) is 1. The van der Waals surface area contributed by atoms with E-state index in [2.05, 4.69) is 42.0 Å². The van der Waals surface area contributed by atoms with E-state index in [1.165, 1.54) is 4.90 Å². The van der Waals surface area contributed by atoms with Gasteiger partial charge in [-0.15, -0.1) is 0 Å². The molecule has 0 aromatic rings. The summed E-state index contributed by atoms with van der Waals surface area (Å²) in [6.45, 7) is 10.6. The van der Waals surface area contributed by atoms with Crippen molar-refractivity contribution in [2.75, 3.05) is 40.0 Å². The van der Waals surface area contributed by atoms with Gasteiger partial charge in [-0.1, -0.05) is 72.6 Å². The van der Waals surface area contributed by atoms with Crippen LogP contribution >= 0.6 is 0 Å². The van der Waals surface area contributed by atoms with Gasteiger partial charge >= 0.3 is 0 Å². The van der Waals surface area contributed by atoms with Gasteiger partial charge < -0.3 is 47.1 Å². The monoisotopic (exact) mass is 752 g/mol. The summed E-state index contributed by atoms with van der Waals surface area (Å²) in [5.41, 5.74) is 11.6. The van der Waals surface area contributed by atoms with E-state index in [4.69, 9.17) is 20.9 Å². The van der Waals surface area contributed by atoms with Crippen molar-refractivity contribution < 1.29 is 33.4 Å². The number of unbranched alkanes of at least 4 members (excludes halogenated alkanes) is 4. The van der Waals surface area contributed by atoms with Gasteiger partial charge in [0.2, 0.25) is 29.5 Å². The van der Waals surface area contributed by atoms with E-state index < -0.39 is 65.9 Å². The molecule has 1 saturated heterocycles. The van der Waals surface area contributed by atoms with Crippen LogP contribution in [0.3, 0.4) is 0 Å². The lowest BCUT2D eigenvalue weighted by molar-refractivity contribution is -0.147. The van der Waals surface area contributed by atoms with Crippen molar-refractivity contribution in [3.63, 3.8) is 0 Å². The summed E-state index contributed by atoms with van der Waals surface area (Å²) in [5.74, 6) is -2.69. The van der Waals surface area contributed by atoms with E-state index in [9.17, 15) is 24.0 Å². The van der Waals surface area contributed by atoms with Crippen molar-refractivity contribution in [3.8, 4) is 0 Å². The van der Waals surface area contributed by atoms with E-state index in [-0.39, 0.29) is 37.5 Å². The minimum atomic E-state index is -1.17. The zero-order chi connectivity index (χ0) is 39.3. The van der Waals surface area contributed by atoms with Gasteiger partial charge in [0, 0.05) is 26.2 Å². The first kappa shape index (κ1) is 46.3. The van der Waals surface area contributed by atoms with Crippen LogP contribution in [-0.2, 0) is 33.4 Å². The zero-order valence-corrected chi connectivity index (χ0v) is 33.6. The quantitative estimate of drug-likeness (QED) is 0.128. The van der Waals surface area contributed by atoms with Crippen LogP contribution in [0.5, 0.6) is 0 Å². The van der Waals surface area contributed by atoms with Gasteiger partial charge in [-0.25, -0.2) is 0 Å². The SMILES string of the molecule is CCCCCC[C@H]1OC[C@@H](C)NC(=O)[C@H](COCCCCN)NC(=O)[C@H](CN)NC(=O)[C@H](C2CCCCC2)NC(=O)[C@H](CCC(C)C)N(C)C(=O)[C@@H]1C. The van der Waals surface area contributed by atoms with Crippen molar-refractivity contribution in [3.05, 3.63) is 0 Å². The fraction of sp³-hybridized carbons (Fsp3) is 0.872. The van der Waals surface area contributed by atoms with E-state index >= 15 is 0 Å². The molecular weight excluding hydrogens is 678 g/mol. The number of ether oxygens (including phenoxy) is 2. The summed E-state index contributed by atoms with van der Waals surface area (Å²) >= 11 is 0. The molecule has 7 atom stereocenters. The number of hydrogen-bond acceptors (Lipinski definition) is 9. The highest BCUT2D eigenvalue weighted by Gasteiger charge is 2.38. The minimum absolute atomic E-state index is 0.0998. The van der Waals surface area contributed by atoms with E-state index in [1.54, 1.807) is 14.0 Å². The fourth-order valence-electron chi connectivity index (χ4n) is 7.14. The van der Waals surface area contributed by atoms with Crippen LogP contribution in [0.2, 0.25) is 0 Å². The highest BCUT2D eigenvalue weighted by Crippen LogP contribution is 2.28. The van der Waals surface area contributed by atoms with Crippen molar-refractivity contribution >= 4 is 29.5 Å². The van der Waals surface area contributed by atoms with Gasteiger partial charge in [-0.2, -0.15) is 0 Å². The number of nitrogens with two attached hydrogens (primary N) is 2. The maximum atomic E-state index is 14.3. The molecule has 0 radical (unpaired) electrons. The van der Waals surface area contributed by atoms with Crippen LogP contribution in [0, 0.1) is 17.8 Å². The molecule has 0 bridgehead atoms. The summed E-state index contributed by atoms with van der Waals surface area (Å²) in [6, 6.07) is -4.46. The van der Waals surface area contributed by atoms with E-state index in [0.29, 0.717) is 38.8 Å². The number of rotatable bonds is 16. The number of nitrogens with one attached hydrogen (secondary N) is 4. The van der Waals surface area contributed by atoms with Crippen molar-refractivity contribution in [2.45, 2.75) is 161 Å². The molecule has 0 spiro atoms. The van der Waals surface area contributed by atoms with Crippen LogP contribution in [0.15, 0.2) is 0 Å². The lowest BCUT2D eigenvalue weighted by Gasteiger charge is -2.35. The fourth-order valence-corrected chi connectivity index (χ4v) is 7.14. The third-order valence-corrected chi connectivity index (χ3v) is 10.6. The van der Waals surface area contributed by atoms with Crippen molar-refractivity contribution in [1.29, 1.82) is 0 Å². The predicted molar refractivity (Wildman–Crippen MR) is 206 cm³/mol. The molecule has 2 fully saturated rings. The molecule has 14 heteroatoms. The van der Waals surface area contributed by atoms with Gasteiger partial charge in [0.1, 0.15) is 24.2 Å². The molecule has 0 aromatic heterocycles. The zero-order valence-electron chi connectivity index (χ0n) is 33.6. The highest BCUT2D eigenvalue weighted by atomic mass is 16.5. The lowest BCUT2D eigenvalue weighted by Crippen LogP contribution is -2.62. The third-order valence-electron chi connectivity index (χ3n) is 10.6. The Kier molecular flexibility index (Phi) is 22.1. The van der Waals surface area contributed by atoms with Crippen molar-refractivity contribution in [1.82, 2.24) is 26.2 Å². The second kappa shape index (κ2) is 25.3. The molecule has 53 heavy (non-hydrogen) atoms. The summed E-state index contributed by atoms with van der Waals surface area (Å²) in [5, 5.41) is 11.5. The average Bonchev–Trinajstić information content (AvgIpc) is 3.14.